The van der Waals surface area contributed by atoms with E-state index in [-0.39, 0.29) is 21.7 Å². The van der Waals surface area contributed by atoms with Gasteiger partial charge < -0.3 is 13.7 Å². The van der Waals surface area contributed by atoms with E-state index < -0.39 is 0 Å². The van der Waals surface area contributed by atoms with Crippen molar-refractivity contribution in [1.82, 2.24) is 13.7 Å². The quantitative estimate of drug-likeness (QED) is 0.156. The highest BCUT2D eigenvalue weighted by atomic mass is 15.0. The molecule has 3 heteroatoms. The highest BCUT2D eigenvalue weighted by Crippen LogP contribution is 2.43. The summed E-state index contributed by atoms with van der Waals surface area (Å²) in [5, 5.41) is 12.7. The van der Waals surface area contributed by atoms with E-state index in [1.54, 1.807) is 0 Å². The zero-order chi connectivity index (χ0) is 52.1. The summed E-state index contributed by atoms with van der Waals surface area (Å²) < 4.78 is 7.52. The average molecular weight is 974 g/mol. The Morgan fingerprint density at radius 2 is 0.600 bits per heavy atom. The normalized spacial score (nSPS) is 13.1. The second-order valence-electron chi connectivity index (χ2n) is 25.6. The van der Waals surface area contributed by atoms with Gasteiger partial charge in [0.2, 0.25) is 0 Å². The molecule has 0 radical (unpaired) electrons. The summed E-state index contributed by atoms with van der Waals surface area (Å²) in [5.41, 5.74) is 18.5. The molecule has 0 bridgehead atoms. The summed E-state index contributed by atoms with van der Waals surface area (Å²) in [7, 11) is 0. The summed E-state index contributed by atoms with van der Waals surface area (Å²) in [4.78, 5) is 0. The van der Waals surface area contributed by atoms with Crippen molar-refractivity contribution >= 4 is 87.0 Å². The van der Waals surface area contributed by atoms with Crippen molar-refractivity contribution in [3.63, 3.8) is 0 Å². The molecule has 0 spiro atoms. The minimum atomic E-state index is 0.0183. The number of rotatable bonds is 4. The molecule has 0 aliphatic rings. The Bertz CT molecular complexity index is 4130. The first-order valence-electron chi connectivity index (χ1n) is 27.0. The van der Waals surface area contributed by atoms with Crippen LogP contribution in [0.1, 0.15) is 105 Å². The van der Waals surface area contributed by atoms with E-state index in [1.165, 1.54) is 120 Å². The van der Waals surface area contributed by atoms with Crippen LogP contribution in [0, 0.1) is 0 Å². The van der Waals surface area contributed by atoms with Gasteiger partial charge in [-0.1, -0.05) is 174 Å². The van der Waals surface area contributed by atoms with Crippen LogP contribution in [0.5, 0.6) is 0 Å². The predicted molar refractivity (Wildman–Crippen MR) is 325 cm³/mol. The maximum Gasteiger partial charge on any atom is 0.0561 e. The Balaban J connectivity index is 1.06. The van der Waals surface area contributed by atoms with E-state index in [0.29, 0.717) is 0 Å². The molecule has 10 aromatic carbocycles. The van der Waals surface area contributed by atoms with Crippen molar-refractivity contribution in [2.24, 2.45) is 0 Å². The van der Waals surface area contributed by atoms with Gasteiger partial charge >= 0.3 is 0 Å². The lowest BCUT2D eigenvalue weighted by atomic mass is 9.85. The molecule has 75 heavy (non-hydrogen) atoms. The SMILES string of the molecule is CC(C)(C)c1ccc2c(c1)c1cc(C(C)(C)C)ccc1n2-c1ccc2c3ccc(-n4c5ccc(C(C)(C)C)cc5c5cc(C(C)(C)C)ccc54)cc3n(-c3ccc(-c4cccc5cc6ccccc6cc45)cc3)c2c1. The minimum Gasteiger partial charge on any atom is -0.309 e. The van der Waals surface area contributed by atoms with E-state index in [1.807, 2.05) is 0 Å². The molecule has 3 aromatic heterocycles. The molecule has 3 nitrogen and oxygen atoms in total. The first-order chi connectivity index (χ1) is 35.7. The van der Waals surface area contributed by atoms with Crippen LogP contribution in [0.4, 0.5) is 0 Å². The monoisotopic (exact) mass is 974 g/mol. The fourth-order valence-corrected chi connectivity index (χ4v) is 12.0. The molecular weight excluding hydrogens is 907 g/mol. The molecule has 0 unspecified atom stereocenters. The number of benzene rings is 10. The van der Waals surface area contributed by atoms with Gasteiger partial charge in [0.15, 0.2) is 0 Å². The zero-order valence-corrected chi connectivity index (χ0v) is 45.7. The standard InChI is InChI=1S/C72H67N3/c1-69(2,3)48-22-32-63-59(38-48)60-39-49(70(4,5)6)23-33-64(60)74(63)53-28-30-56-57-31-29-54(75-65-34-24-50(71(7,8)9)40-61(65)62-41-51(72(10,11)12)25-35-66(62)75)43-68(57)73(67(56)42-53)52-26-20-44(21-27-52)55-19-15-18-47-36-45-16-13-14-17-46(45)37-58(47)55/h13-43H,1-12H3. The van der Waals surface area contributed by atoms with Crippen molar-refractivity contribution in [3.8, 4) is 28.2 Å². The van der Waals surface area contributed by atoms with Gasteiger partial charge in [0, 0.05) is 49.4 Å². The largest absolute Gasteiger partial charge is 0.309 e. The van der Waals surface area contributed by atoms with Crippen LogP contribution >= 0.6 is 0 Å². The predicted octanol–water partition coefficient (Wildman–Crippen LogP) is 20.1. The molecule has 0 fully saturated rings. The molecule has 0 N–H and O–H groups in total. The summed E-state index contributed by atoms with van der Waals surface area (Å²) in [6, 6.07) is 72.2. The maximum absolute atomic E-state index is 2.52. The van der Waals surface area contributed by atoms with Crippen LogP contribution in [-0.2, 0) is 21.7 Å². The first kappa shape index (κ1) is 46.9. The van der Waals surface area contributed by atoms with Crippen molar-refractivity contribution in [3.05, 3.63) is 210 Å². The molecule has 0 saturated heterocycles. The van der Waals surface area contributed by atoms with Gasteiger partial charge in [-0.2, -0.15) is 0 Å². The molecular formula is C72H67N3. The van der Waals surface area contributed by atoms with E-state index in [2.05, 4.69) is 285 Å². The summed E-state index contributed by atoms with van der Waals surface area (Å²) in [5.74, 6) is 0. The smallest absolute Gasteiger partial charge is 0.0561 e. The topological polar surface area (TPSA) is 14.8 Å². The van der Waals surface area contributed by atoms with Crippen molar-refractivity contribution in [2.45, 2.75) is 105 Å². The number of hydrogen-bond donors (Lipinski definition) is 0. The lowest BCUT2D eigenvalue weighted by Gasteiger charge is -2.19. The third-order valence-corrected chi connectivity index (χ3v) is 16.4. The van der Waals surface area contributed by atoms with Crippen LogP contribution in [0.2, 0.25) is 0 Å². The Morgan fingerprint density at radius 1 is 0.240 bits per heavy atom. The van der Waals surface area contributed by atoms with Gasteiger partial charge in [-0.05, 0) is 174 Å². The molecule has 0 saturated carbocycles. The molecule has 13 aromatic rings. The second kappa shape index (κ2) is 16.3. The van der Waals surface area contributed by atoms with E-state index >= 15 is 0 Å². The number of hydrogen-bond acceptors (Lipinski definition) is 0. The van der Waals surface area contributed by atoms with Crippen LogP contribution in [0.25, 0.3) is 115 Å². The highest BCUT2D eigenvalue weighted by Gasteiger charge is 2.25. The highest BCUT2D eigenvalue weighted by molar-refractivity contribution is 6.14. The lowest BCUT2D eigenvalue weighted by molar-refractivity contribution is 0.590. The van der Waals surface area contributed by atoms with Crippen LogP contribution in [-0.4, -0.2) is 13.7 Å². The lowest BCUT2D eigenvalue weighted by Crippen LogP contribution is -2.10. The van der Waals surface area contributed by atoms with Gasteiger partial charge in [-0.25, -0.2) is 0 Å². The van der Waals surface area contributed by atoms with Crippen LogP contribution in [0.15, 0.2) is 188 Å². The van der Waals surface area contributed by atoms with Crippen LogP contribution in [0.3, 0.4) is 0 Å². The molecule has 13 rings (SSSR count). The molecule has 0 atom stereocenters. The van der Waals surface area contributed by atoms with E-state index in [4.69, 9.17) is 0 Å². The maximum atomic E-state index is 2.52. The third-order valence-electron chi connectivity index (χ3n) is 16.4. The zero-order valence-electron chi connectivity index (χ0n) is 45.7. The van der Waals surface area contributed by atoms with Crippen LogP contribution < -0.4 is 0 Å². The molecule has 3 heterocycles. The number of fused-ring (bicyclic) bond motifs is 11. The van der Waals surface area contributed by atoms with Gasteiger partial charge in [-0.15, -0.1) is 0 Å². The van der Waals surface area contributed by atoms with Crippen molar-refractivity contribution < 1.29 is 0 Å². The van der Waals surface area contributed by atoms with E-state index in [0.717, 1.165) is 17.1 Å². The Hall–Kier alpha value is -7.88. The fraction of sp³-hybridized carbons (Fsp3) is 0.222. The van der Waals surface area contributed by atoms with Gasteiger partial charge in [0.1, 0.15) is 0 Å². The second-order valence-corrected chi connectivity index (χ2v) is 25.6. The molecule has 0 aliphatic carbocycles. The Labute approximate surface area is 441 Å². The minimum absolute atomic E-state index is 0.0183. The molecule has 370 valence electrons. The Kier molecular flexibility index (Phi) is 10.2. The molecule has 0 amide bonds. The van der Waals surface area contributed by atoms with E-state index in [9.17, 15) is 0 Å². The number of aromatic nitrogens is 3. The summed E-state index contributed by atoms with van der Waals surface area (Å²) in [6.45, 7) is 27.8. The fourth-order valence-electron chi connectivity index (χ4n) is 12.0. The first-order valence-corrected chi connectivity index (χ1v) is 27.0. The summed E-state index contributed by atoms with van der Waals surface area (Å²) in [6.07, 6.45) is 0. The molecule has 0 aliphatic heterocycles. The Morgan fingerprint density at radius 3 is 1.00 bits per heavy atom. The van der Waals surface area contributed by atoms with Gasteiger partial charge in [0.25, 0.3) is 0 Å². The summed E-state index contributed by atoms with van der Waals surface area (Å²) >= 11 is 0. The van der Waals surface area contributed by atoms with Gasteiger partial charge in [0.05, 0.1) is 33.1 Å². The number of nitrogens with zero attached hydrogens (tertiary/aromatic N) is 3. The van der Waals surface area contributed by atoms with Crippen molar-refractivity contribution in [2.75, 3.05) is 0 Å². The average Bonchev–Trinajstić information content (AvgIpc) is 4.03. The van der Waals surface area contributed by atoms with Crippen molar-refractivity contribution in [1.29, 1.82) is 0 Å². The van der Waals surface area contributed by atoms with Gasteiger partial charge in [-0.3, -0.25) is 0 Å². The third kappa shape index (κ3) is 7.60.